The van der Waals surface area contributed by atoms with Crippen LogP contribution in [0.4, 0.5) is 0 Å². The molecule has 0 aromatic rings. The van der Waals surface area contributed by atoms with Gasteiger partial charge in [-0.1, -0.05) is 19.8 Å². The van der Waals surface area contributed by atoms with Gasteiger partial charge in [0.15, 0.2) is 0 Å². The highest BCUT2D eigenvalue weighted by Crippen LogP contribution is 2.30. The number of esters is 1. The van der Waals surface area contributed by atoms with E-state index in [1.165, 1.54) is 12.8 Å². The molecule has 104 valence electrons. The molecule has 4 heteroatoms. The van der Waals surface area contributed by atoms with E-state index in [4.69, 9.17) is 9.47 Å². The number of hydrogen-bond donors (Lipinski definition) is 0. The van der Waals surface area contributed by atoms with Gasteiger partial charge in [-0.05, 0) is 26.2 Å². The molecule has 0 aromatic carbocycles. The lowest BCUT2D eigenvalue weighted by Crippen LogP contribution is -2.58. The van der Waals surface area contributed by atoms with E-state index in [2.05, 4.69) is 11.8 Å². The van der Waals surface area contributed by atoms with Gasteiger partial charge in [0.05, 0.1) is 19.3 Å². The molecule has 1 aliphatic heterocycles. The number of fused-ring (bicyclic) bond motifs is 1. The predicted molar refractivity (Wildman–Crippen MR) is 69.4 cm³/mol. The van der Waals surface area contributed by atoms with Crippen LogP contribution in [-0.4, -0.2) is 48.8 Å². The Morgan fingerprint density at radius 3 is 2.89 bits per heavy atom. The summed E-state index contributed by atoms with van der Waals surface area (Å²) < 4.78 is 11.1. The van der Waals surface area contributed by atoms with Crippen molar-refractivity contribution in [3.05, 3.63) is 0 Å². The van der Waals surface area contributed by atoms with Crippen molar-refractivity contribution >= 4 is 5.97 Å². The molecule has 4 nitrogen and oxygen atoms in total. The van der Waals surface area contributed by atoms with E-state index >= 15 is 0 Å². The molecule has 0 spiro atoms. The Morgan fingerprint density at radius 2 is 2.17 bits per heavy atom. The first-order valence-corrected chi connectivity index (χ1v) is 7.31. The second-order valence-electron chi connectivity index (χ2n) is 5.17. The van der Waals surface area contributed by atoms with Crippen molar-refractivity contribution in [1.82, 2.24) is 4.90 Å². The minimum absolute atomic E-state index is 0.0637. The quantitative estimate of drug-likeness (QED) is 0.720. The van der Waals surface area contributed by atoms with Crippen LogP contribution in [-0.2, 0) is 14.3 Å². The normalized spacial score (nSPS) is 30.6. The van der Waals surface area contributed by atoms with E-state index in [1.807, 2.05) is 6.92 Å². The van der Waals surface area contributed by atoms with Crippen molar-refractivity contribution in [2.24, 2.45) is 0 Å². The molecular weight excluding hydrogens is 230 g/mol. The topological polar surface area (TPSA) is 38.8 Å². The molecule has 1 aliphatic carbocycles. The van der Waals surface area contributed by atoms with Crippen LogP contribution in [0.1, 0.15) is 46.0 Å². The minimum atomic E-state index is -0.0838. The Hall–Kier alpha value is -0.610. The number of hydrogen-bond acceptors (Lipinski definition) is 4. The van der Waals surface area contributed by atoms with Gasteiger partial charge in [-0.3, -0.25) is 9.69 Å². The van der Waals surface area contributed by atoms with Gasteiger partial charge < -0.3 is 9.47 Å². The monoisotopic (exact) mass is 255 g/mol. The van der Waals surface area contributed by atoms with Gasteiger partial charge in [0, 0.05) is 12.6 Å². The van der Waals surface area contributed by atoms with Gasteiger partial charge in [0.25, 0.3) is 0 Å². The summed E-state index contributed by atoms with van der Waals surface area (Å²) >= 11 is 0. The fourth-order valence-corrected chi connectivity index (χ4v) is 3.29. The van der Waals surface area contributed by atoms with Gasteiger partial charge in [-0.15, -0.1) is 0 Å². The van der Waals surface area contributed by atoms with Gasteiger partial charge in [0.1, 0.15) is 6.04 Å². The average Bonchev–Trinajstić information content (AvgIpc) is 2.40. The highest BCUT2D eigenvalue weighted by molar-refractivity contribution is 5.75. The van der Waals surface area contributed by atoms with Crippen molar-refractivity contribution in [3.8, 4) is 0 Å². The molecule has 0 N–H and O–H groups in total. The van der Waals surface area contributed by atoms with E-state index in [0.717, 1.165) is 32.4 Å². The van der Waals surface area contributed by atoms with Crippen LogP contribution in [0.15, 0.2) is 0 Å². The average molecular weight is 255 g/mol. The summed E-state index contributed by atoms with van der Waals surface area (Å²) in [6.07, 6.45) is 5.95. The maximum Gasteiger partial charge on any atom is 0.323 e. The molecule has 18 heavy (non-hydrogen) atoms. The molecule has 2 fully saturated rings. The molecule has 2 aliphatic rings. The zero-order valence-electron chi connectivity index (χ0n) is 11.6. The Balaban J connectivity index is 2.05. The smallest absolute Gasteiger partial charge is 0.323 e. The van der Waals surface area contributed by atoms with E-state index < -0.39 is 0 Å². The van der Waals surface area contributed by atoms with Crippen LogP contribution in [0.2, 0.25) is 0 Å². The van der Waals surface area contributed by atoms with Crippen molar-refractivity contribution in [3.63, 3.8) is 0 Å². The summed E-state index contributed by atoms with van der Waals surface area (Å²) in [4.78, 5) is 14.4. The first-order chi connectivity index (χ1) is 8.77. The van der Waals surface area contributed by atoms with Gasteiger partial charge in [0.2, 0.25) is 0 Å². The number of carbonyl (C=O) groups excluding carboxylic acids is 1. The van der Waals surface area contributed by atoms with Crippen LogP contribution >= 0.6 is 0 Å². The Bertz CT molecular complexity index is 280. The summed E-state index contributed by atoms with van der Waals surface area (Å²) in [5.74, 6) is -0.0637. The predicted octanol–water partition coefficient (Wildman–Crippen LogP) is 1.97. The van der Waals surface area contributed by atoms with Gasteiger partial charge in [-0.2, -0.15) is 0 Å². The second kappa shape index (κ2) is 6.53. The molecule has 1 heterocycles. The lowest BCUT2D eigenvalue weighted by Gasteiger charge is -2.46. The lowest BCUT2D eigenvalue weighted by atomic mass is 9.89. The first-order valence-electron chi connectivity index (χ1n) is 7.31. The Kier molecular flexibility index (Phi) is 5.01. The van der Waals surface area contributed by atoms with Crippen molar-refractivity contribution < 1.29 is 14.3 Å². The highest BCUT2D eigenvalue weighted by Gasteiger charge is 2.39. The molecule has 2 rings (SSSR count). The maximum absolute atomic E-state index is 12.0. The van der Waals surface area contributed by atoms with E-state index in [-0.39, 0.29) is 12.0 Å². The molecule has 3 unspecified atom stereocenters. The number of rotatable bonds is 4. The van der Waals surface area contributed by atoms with Crippen LogP contribution in [0.3, 0.4) is 0 Å². The molecule has 0 aromatic heterocycles. The van der Waals surface area contributed by atoms with E-state index in [1.54, 1.807) is 0 Å². The second-order valence-corrected chi connectivity index (χ2v) is 5.17. The molecule has 0 radical (unpaired) electrons. The van der Waals surface area contributed by atoms with Crippen molar-refractivity contribution in [1.29, 1.82) is 0 Å². The highest BCUT2D eigenvalue weighted by atomic mass is 16.5. The largest absolute Gasteiger partial charge is 0.465 e. The van der Waals surface area contributed by atoms with Crippen LogP contribution < -0.4 is 0 Å². The maximum atomic E-state index is 12.0. The van der Waals surface area contributed by atoms with Crippen molar-refractivity contribution in [2.45, 2.75) is 64.1 Å². The number of carbonyl (C=O) groups is 1. The molecular formula is C14H25NO3. The molecule has 1 saturated heterocycles. The molecule has 3 atom stereocenters. The zero-order valence-corrected chi connectivity index (χ0v) is 11.6. The van der Waals surface area contributed by atoms with Crippen LogP contribution in [0.5, 0.6) is 0 Å². The third-order valence-electron chi connectivity index (χ3n) is 4.12. The number of nitrogens with zero attached hydrogens (tertiary/aromatic N) is 1. The molecule has 0 amide bonds. The summed E-state index contributed by atoms with van der Waals surface area (Å²) in [7, 11) is 0. The minimum Gasteiger partial charge on any atom is -0.465 e. The summed E-state index contributed by atoms with van der Waals surface area (Å²) in [5, 5.41) is 0. The fraction of sp³-hybridized carbons (Fsp3) is 0.929. The number of morpholine rings is 1. The van der Waals surface area contributed by atoms with Crippen LogP contribution in [0.25, 0.3) is 0 Å². The van der Waals surface area contributed by atoms with E-state index in [0.29, 0.717) is 18.8 Å². The third kappa shape index (κ3) is 2.86. The van der Waals surface area contributed by atoms with Gasteiger partial charge in [-0.25, -0.2) is 0 Å². The first kappa shape index (κ1) is 13.8. The zero-order chi connectivity index (χ0) is 13.0. The van der Waals surface area contributed by atoms with E-state index in [9.17, 15) is 4.79 Å². The van der Waals surface area contributed by atoms with Gasteiger partial charge >= 0.3 is 5.97 Å². The summed E-state index contributed by atoms with van der Waals surface area (Å²) in [6.45, 7) is 6.01. The van der Waals surface area contributed by atoms with Crippen molar-refractivity contribution in [2.75, 3.05) is 19.8 Å². The summed E-state index contributed by atoms with van der Waals surface area (Å²) in [6, 6.07) is 0.335. The molecule has 1 saturated carbocycles. The third-order valence-corrected chi connectivity index (χ3v) is 4.12. The standard InChI is InChI=1S/C14H25NO3/c1-3-11(14(16)17-4-2)15-9-10-18-13-8-6-5-7-12(13)15/h11-13H,3-10H2,1-2H3. The molecule has 0 bridgehead atoms. The number of ether oxygens (including phenoxy) is 2. The summed E-state index contributed by atoms with van der Waals surface area (Å²) in [5.41, 5.74) is 0. The Labute approximate surface area is 110 Å². The Morgan fingerprint density at radius 1 is 1.39 bits per heavy atom. The van der Waals surface area contributed by atoms with Crippen LogP contribution in [0, 0.1) is 0 Å². The fourth-order valence-electron chi connectivity index (χ4n) is 3.29. The lowest BCUT2D eigenvalue weighted by molar-refractivity contribution is -0.159. The SMILES string of the molecule is CCOC(=O)C(CC)N1CCOC2CCCCC21.